The van der Waals surface area contributed by atoms with Gasteiger partial charge in [-0.15, -0.1) is 0 Å². The van der Waals surface area contributed by atoms with Crippen molar-refractivity contribution in [3.63, 3.8) is 0 Å². The molecule has 6 heteroatoms. The molecule has 24 heavy (non-hydrogen) atoms. The Morgan fingerprint density at radius 3 is 2.58 bits per heavy atom. The van der Waals surface area contributed by atoms with Crippen molar-refractivity contribution in [2.75, 3.05) is 0 Å². The second kappa shape index (κ2) is 7.14. The Morgan fingerprint density at radius 1 is 1.08 bits per heavy atom. The molecule has 2 aromatic carbocycles. The summed E-state index contributed by atoms with van der Waals surface area (Å²) in [5.74, 6) is -0.609. The average molecular weight is 338 g/mol. The first-order valence-electron chi connectivity index (χ1n) is 7.29. The minimum absolute atomic E-state index is 0.196. The van der Waals surface area contributed by atoms with Crippen LogP contribution >= 0.6 is 11.8 Å². The second-order valence-corrected chi connectivity index (χ2v) is 6.16. The van der Waals surface area contributed by atoms with Gasteiger partial charge in [0.2, 0.25) is 0 Å². The smallest absolute Gasteiger partial charge is 0.290 e. The number of thioether (sulfide) groups is 1. The zero-order chi connectivity index (χ0) is 16.9. The maximum Gasteiger partial charge on any atom is 0.290 e. The molecule has 0 saturated carbocycles. The molecular weight excluding hydrogens is 324 g/mol. The highest BCUT2D eigenvalue weighted by Gasteiger charge is 2.24. The number of nitrogens with one attached hydrogen (secondary N) is 2. The summed E-state index contributed by atoms with van der Waals surface area (Å²) in [4.78, 5) is 35.3. The van der Waals surface area contributed by atoms with Crippen LogP contribution < -0.4 is 10.6 Å². The van der Waals surface area contributed by atoms with Crippen molar-refractivity contribution in [1.82, 2.24) is 10.6 Å². The summed E-state index contributed by atoms with van der Waals surface area (Å²) in [6, 6.07) is 16.5. The molecule has 2 N–H and O–H groups in total. The van der Waals surface area contributed by atoms with Crippen molar-refractivity contribution in [1.29, 1.82) is 0 Å². The zero-order valence-corrected chi connectivity index (χ0v) is 13.4. The van der Waals surface area contributed by atoms with Gasteiger partial charge in [-0.1, -0.05) is 42.5 Å². The molecular formula is C18H14N2O3S. The maximum atomic E-state index is 12.3. The number of amides is 3. The third-order valence-corrected chi connectivity index (χ3v) is 4.20. The summed E-state index contributed by atoms with van der Waals surface area (Å²) in [7, 11) is 0. The van der Waals surface area contributed by atoms with E-state index >= 15 is 0 Å². The predicted molar refractivity (Wildman–Crippen MR) is 93.2 cm³/mol. The summed E-state index contributed by atoms with van der Waals surface area (Å²) in [6.07, 6.45) is 1.60. The van der Waals surface area contributed by atoms with Gasteiger partial charge in [0, 0.05) is 12.1 Å². The predicted octanol–water partition coefficient (Wildman–Crippen LogP) is 2.94. The van der Waals surface area contributed by atoms with Crippen LogP contribution in [-0.4, -0.2) is 17.1 Å². The third kappa shape index (κ3) is 3.91. The number of imide groups is 1. The molecule has 1 aliphatic rings. The minimum Gasteiger partial charge on any atom is -0.348 e. The van der Waals surface area contributed by atoms with Crippen LogP contribution in [0.3, 0.4) is 0 Å². The lowest BCUT2D eigenvalue weighted by Gasteiger charge is -2.06. The third-order valence-electron chi connectivity index (χ3n) is 3.38. The highest BCUT2D eigenvalue weighted by molar-refractivity contribution is 8.18. The van der Waals surface area contributed by atoms with E-state index in [9.17, 15) is 14.4 Å². The SMILES string of the molecule is O=C1NC(=O)/C(=C/c2cccc(C(=O)NCc3ccccc3)c2)S1. The molecule has 3 amide bonds. The van der Waals surface area contributed by atoms with Crippen LogP contribution in [-0.2, 0) is 11.3 Å². The monoisotopic (exact) mass is 338 g/mol. The van der Waals surface area contributed by atoms with Crippen molar-refractivity contribution in [2.45, 2.75) is 6.54 Å². The lowest BCUT2D eigenvalue weighted by molar-refractivity contribution is -0.115. The van der Waals surface area contributed by atoms with E-state index in [1.165, 1.54) is 0 Å². The molecule has 1 fully saturated rings. The summed E-state index contributed by atoms with van der Waals surface area (Å²) < 4.78 is 0. The molecule has 0 unspecified atom stereocenters. The summed E-state index contributed by atoms with van der Waals surface area (Å²) in [5.41, 5.74) is 2.20. The largest absolute Gasteiger partial charge is 0.348 e. The molecule has 120 valence electrons. The van der Waals surface area contributed by atoms with E-state index in [2.05, 4.69) is 10.6 Å². The fourth-order valence-corrected chi connectivity index (χ4v) is 2.90. The molecule has 1 saturated heterocycles. The maximum absolute atomic E-state index is 12.3. The highest BCUT2D eigenvalue weighted by Crippen LogP contribution is 2.25. The molecule has 0 bridgehead atoms. The van der Waals surface area contributed by atoms with Gasteiger partial charge in [0.15, 0.2) is 0 Å². The first-order valence-corrected chi connectivity index (χ1v) is 8.10. The topological polar surface area (TPSA) is 75.3 Å². The molecule has 5 nitrogen and oxygen atoms in total. The number of benzene rings is 2. The lowest BCUT2D eigenvalue weighted by atomic mass is 10.1. The van der Waals surface area contributed by atoms with Crippen LogP contribution in [0.25, 0.3) is 6.08 Å². The van der Waals surface area contributed by atoms with E-state index in [1.54, 1.807) is 30.3 Å². The van der Waals surface area contributed by atoms with E-state index in [1.807, 2.05) is 30.3 Å². The van der Waals surface area contributed by atoms with E-state index in [4.69, 9.17) is 0 Å². The molecule has 2 aromatic rings. The summed E-state index contributed by atoms with van der Waals surface area (Å²) in [6.45, 7) is 0.442. The first-order chi connectivity index (χ1) is 11.6. The normalized spacial score (nSPS) is 15.4. The molecule has 0 radical (unpaired) electrons. The van der Waals surface area contributed by atoms with Crippen LogP contribution in [0.2, 0.25) is 0 Å². The van der Waals surface area contributed by atoms with E-state index in [0.717, 1.165) is 17.3 Å². The number of carbonyl (C=O) groups excluding carboxylic acids is 3. The quantitative estimate of drug-likeness (QED) is 0.841. The van der Waals surface area contributed by atoms with Crippen molar-refractivity contribution >= 4 is 34.9 Å². The fourth-order valence-electron chi connectivity index (χ4n) is 2.22. The Kier molecular flexibility index (Phi) is 4.77. The standard InChI is InChI=1S/C18H14N2O3S/c21-16(19-11-12-5-2-1-3-6-12)14-8-4-7-13(9-14)10-15-17(22)20-18(23)24-15/h1-10H,11H2,(H,19,21)(H,20,22,23)/b15-10-. The number of hydrogen-bond donors (Lipinski definition) is 2. The van der Waals surface area contributed by atoms with Gasteiger partial charge in [-0.05, 0) is 41.1 Å². The van der Waals surface area contributed by atoms with Gasteiger partial charge in [-0.2, -0.15) is 0 Å². The van der Waals surface area contributed by atoms with Gasteiger partial charge in [-0.25, -0.2) is 0 Å². The molecule has 1 heterocycles. The Bertz CT molecular complexity index is 831. The first kappa shape index (κ1) is 16.0. The Labute approximate surface area is 143 Å². The summed E-state index contributed by atoms with van der Waals surface area (Å²) in [5, 5.41) is 4.67. The van der Waals surface area contributed by atoms with Crippen molar-refractivity contribution in [3.05, 3.63) is 76.2 Å². The van der Waals surface area contributed by atoms with Gasteiger partial charge in [0.1, 0.15) is 0 Å². The Morgan fingerprint density at radius 2 is 1.88 bits per heavy atom. The highest BCUT2D eigenvalue weighted by atomic mass is 32.2. The van der Waals surface area contributed by atoms with Gasteiger partial charge in [0.05, 0.1) is 4.91 Å². The second-order valence-electron chi connectivity index (χ2n) is 5.15. The molecule has 0 spiro atoms. The van der Waals surface area contributed by atoms with Crippen LogP contribution in [0.4, 0.5) is 4.79 Å². The van der Waals surface area contributed by atoms with Crippen molar-refractivity contribution in [2.24, 2.45) is 0 Å². The van der Waals surface area contributed by atoms with Crippen molar-refractivity contribution < 1.29 is 14.4 Å². The fraction of sp³-hybridized carbons (Fsp3) is 0.0556. The van der Waals surface area contributed by atoms with Crippen LogP contribution in [0.5, 0.6) is 0 Å². The summed E-state index contributed by atoms with van der Waals surface area (Å²) >= 11 is 0.851. The zero-order valence-electron chi connectivity index (χ0n) is 12.6. The van der Waals surface area contributed by atoms with E-state index < -0.39 is 5.91 Å². The van der Waals surface area contributed by atoms with Gasteiger partial charge in [-0.3, -0.25) is 19.7 Å². The molecule has 0 aromatic heterocycles. The molecule has 0 atom stereocenters. The van der Waals surface area contributed by atoms with Gasteiger partial charge < -0.3 is 5.32 Å². The van der Waals surface area contributed by atoms with E-state index in [0.29, 0.717) is 22.6 Å². The van der Waals surface area contributed by atoms with Gasteiger partial charge in [0.25, 0.3) is 17.1 Å². The van der Waals surface area contributed by atoms with Gasteiger partial charge >= 0.3 is 0 Å². The van der Waals surface area contributed by atoms with E-state index in [-0.39, 0.29) is 11.1 Å². The Balaban J connectivity index is 1.71. The number of carbonyl (C=O) groups is 3. The van der Waals surface area contributed by atoms with Crippen LogP contribution in [0.1, 0.15) is 21.5 Å². The molecule has 1 aliphatic heterocycles. The molecule has 3 rings (SSSR count). The molecule has 0 aliphatic carbocycles. The van der Waals surface area contributed by atoms with Crippen LogP contribution in [0, 0.1) is 0 Å². The number of hydrogen-bond acceptors (Lipinski definition) is 4. The Hall–Kier alpha value is -2.86. The lowest BCUT2D eigenvalue weighted by Crippen LogP contribution is -2.22. The van der Waals surface area contributed by atoms with Crippen LogP contribution in [0.15, 0.2) is 59.5 Å². The minimum atomic E-state index is -0.413. The van der Waals surface area contributed by atoms with Crippen molar-refractivity contribution in [3.8, 4) is 0 Å². The average Bonchev–Trinajstić information content (AvgIpc) is 2.91. The number of rotatable bonds is 4.